The number of pyridine rings is 1. The number of aromatic nitrogens is 3. The molecule has 37 heavy (non-hydrogen) atoms. The summed E-state index contributed by atoms with van der Waals surface area (Å²) in [6.45, 7) is 1.00. The number of hydrogen-bond donors (Lipinski definition) is 1. The summed E-state index contributed by atoms with van der Waals surface area (Å²) in [6, 6.07) is 17.8. The van der Waals surface area contributed by atoms with Crippen LogP contribution in [0, 0.1) is 0 Å². The minimum atomic E-state index is -0.206. The maximum Gasteiger partial charge on any atom is 0.264 e. The summed E-state index contributed by atoms with van der Waals surface area (Å²) in [5, 5.41) is 3.97. The predicted molar refractivity (Wildman–Crippen MR) is 143 cm³/mol. The second-order valence-electron chi connectivity index (χ2n) is 8.50. The molecule has 0 saturated carbocycles. The number of methoxy groups -OCH3 is 1. The number of ether oxygens (including phenoxy) is 1. The van der Waals surface area contributed by atoms with E-state index in [0.717, 1.165) is 11.3 Å². The third-order valence-electron chi connectivity index (χ3n) is 6.18. The number of hydrogen-bond acceptors (Lipinski definition) is 6. The Morgan fingerprint density at radius 3 is 2.59 bits per heavy atom. The van der Waals surface area contributed by atoms with E-state index in [1.807, 2.05) is 30.3 Å². The third-order valence-corrected chi connectivity index (χ3v) is 6.92. The Morgan fingerprint density at radius 1 is 1.08 bits per heavy atom. The smallest absolute Gasteiger partial charge is 0.264 e. The van der Waals surface area contributed by atoms with Crippen LogP contribution in [0.2, 0.25) is 10.0 Å². The average molecular weight is 536 g/mol. The van der Waals surface area contributed by atoms with E-state index in [0.29, 0.717) is 58.1 Å². The summed E-state index contributed by atoms with van der Waals surface area (Å²) in [6.07, 6.45) is 2.01. The van der Waals surface area contributed by atoms with Crippen LogP contribution in [-0.2, 0) is 19.5 Å². The molecule has 1 amide bonds. The van der Waals surface area contributed by atoms with Crippen LogP contribution in [0.5, 0.6) is 5.75 Å². The molecule has 0 fully saturated rings. The molecule has 0 atom stereocenters. The van der Waals surface area contributed by atoms with Gasteiger partial charge in [0.1, 0.15) is 11.6 Å². The molecule has 188 valence electrons. The first-order chi connectivity index (χ1) is 17.9. The number of amides is 1. The SMILES string of the molecule is COc1ccc(CNc2nc3c(c(=O)n2-c2ccccn2)CCN(C(=O)c2ccc(Cl)c(Cl)c2)C3)cc1. The Labute approximate surface area is 223 Å². The fourth-order valence-corrected chi connectivity index (χ4v) is 4.51. The largest absolute Gasteiger partial charge is 0.497 e. The molecule has 0 bridgehead atoms. The van der Waals surface area contributed by atoms with Crippen molar-refractivity contribution in [3.8, 4) is 11.6 Å². The summed E-state index contributed by atoms with van der Waals surface area (Å²) < 4.78 is 6.71. The minimum Gasteiger partial charge on any atom is -0.497 e. The van der Waals surface area contributed by atoms with Gasteiger partial charge in [-0.15, -0.1) is 0 Å². The van der Waals surface area contributed by atoms with Gasteiger partial charge in [0.2, 0.25) is 5.95 Å². The fraction of sp³-hybridized carbons (Fsp3) is 0.185. The number of carbonyl (C=O) groups is 1. The number of carbonyl (C=O) groups excluding carboxylic acids is 1. The molecule has 1 aliphatic rings. The van der Waals surface area contributed by atoms with Gasteiger partial charge in [0.15, 0.2) is 0 Å². The van der Waals surface area contributed by atoms with Crippen LogP contribution in [0.25, 0.3) is 5.82 Å². The first-order valence-electron chi connectivity index (χ1n) is 11.6. The predicted octanol–water partition coefficient (Wildman–Crippen LogP) is 4.75. The number of anilines is 1. The molecule has 0 aliphatic carbocycles. The Morgan fingerprint density at radius 2 is 1.89 bits per heavy atom. The number of benzene rings is 2. The molecule has 8 nitrogen and oxygen atoms in total. The van der Waals surface area contributed by atoms with Crippen molar-refractivity contribution in [1.82, 2.24) is 19.4 Å². The highest BCUT2D eigenvalue weighted by molar-refractivity contribution is 6.42. The van der Waals surface area contributed by atoms with E-state index in [9.17, 15) is 9.59 Å². The van der Waals surface area contributed by atoms with E-state index in [2.05, 4.69) is 10.3 Å². The molecule has 0 saturated heterocycles. The second kappa shape index (κ2) is 10.6. The van der Waals surface area contributed by atoms with Crippen molar-refractivity contribution in [1.29, 1.82) is 0 Å². The van der Waals surface area contributed by atoms with Gasteiger partial charge in [0.05, 0.1) is 29.4 Å². The summed E-state index contributed by atoms with van der Waals surface area (Å²) in [5.41, 5.74) is 2.32. The van der Waals surface area contributed by atoms with Gasteiger partial charge >= 0.3 is 0 Å². The van der Waals surface area contributed by atoms with Crippen LogP contribution in [0.15, 0.2) is 71.7 Å². The highest BCUT2D eigenvalue weighted by atomic mass is 35.5. The molecule has 5 rings (SSSR count). The van der Waals surface area contributed by atoms with E-state index in [4.69, 9.17) is 32.9 Å². The zero-order chi connectivity index (χ0) is 25.9. The highest BCUT2D eigenvalue weighted by Gasteiger charge is 2.27. The average Bonchev–Trinajstić information content (AvgIpc) is 2.93. The number of rotatable bonds is 6. The van der Waals surface area contributed by atoms with Gasteiger partial charge < -0.3 is 15.0 Å². The normalized spacial score (nSPS) is 12.7. The highest BCUT2D eigenvalue weighted by Crippen LogP contribution is 2.25. The van der Waals surface area contributed by atoms with Gasteiger partial charge in [-0.2, -0.15) is 0 Å². The zero-order valence-electron chi connectivity index (χ0n) is 19.9. The van der Waals surface area contributed by atoms with Gasteiger partial charge in [0, 0.05) is 30.4 Å². The van der Waals surface area contributed by atoms with Gasteiger partial charge in [-0.1, -0.05) is 41.4 Å². The maximum atomic E-state index is 13.6. The molecule has 0 spiro atoms. The van der Waals surface area contributed by atoms with E-state index < -0.39 is 0 Å². The Kier molecular flexibility index (Phi) is 7.12. The van der Waals surface area contributed by atoms with E-state index in [-0.39, 0.29) is 18.0 Å². The van der Waals surface area contributed by atoms with Crippen molar-refractivity contribution in [3.05, 3.63) is 110 Å². The van der Waals surface area contributed by atoms with Crippen molar-refractivity contribution >= 4 is 35.1 Å². The number of nitrogens with one attached hydrogen (secondary N) is 1. The Bertz CT molecular complexity index is 1510. The Hall–Kier alpha value is -3.88. The molecular weight excluding hydrogens is 513 g/mol. The summed E-state index contributed by atoms with van der Waals surface area (Å²) in [7, 11) is 1.62. The van der Waals surface area contributed by atoms with Crippen LogP contribution >= 0.6 is 23.2 Å². The van der Waals surface area contributed by atoms with Gasteiger partial charge in [-0.3, -0.25) is 9.59 Å². The molecule has 2 aromatic carbocycles. The summed E-state index contributed by atoms with van der Waals surface area (Å²) in [5.74, 6) is 1.37. The van der Waals surface area contributed by atoms with Crippen LogP contribution in [0.3, 0.4) is 0 Å². The zero-order valence-corrected chi connectivity index (χ0v) is 21.5. The number of halogens is 2. The van der Waals surface area contributed by atoms with Crippen molar-refractivity contribution in [3.63, 3.8) is 0 Å². The summed E-state index contributed by atoms with van der Waals surface area (Å²) in [4.78, 5) is 37.7. The van der Waals surface area contributed by atoms with Crippen molar-refractivity contribution in [2.75, 3.05) is 19.0 Å². The molecule has 1 N–H and O–H groups in total. The van der Waals surface area contributed by atoms with Crippen LogP contribution < -0.4 is 15.6 Å². The summed E-state index contributed by atoms with van der Waals surface area (Å²) >= 11 is 12.1. The molecule has 4 aromatic rings. The Balaban J connectivity index is 1.48. The van der Waals surface area contributed by atoms with Crippen LogP contribution in [0.1, 0.15) is 27.2 Å². The van der Waals surface area contributed by atoms with Gasteiger partial charge in [-0.25, -0.2) is 14.5 Å². The fourth-order valence-electron chi connectivity index (χ4n) is 4.22. The second-order valence-corrected chi connectivity index (χ2v) is 9.31. The van der Waals surface area contributed by atoms with E-state index >= 15 is 0 Å². The molecular formula is C27H23Cl2N5O3. The number of nitrogens with zero attached hydrogens (tertiary/aromatic N) is 4. The van der Waals surface area contributed by atoms with E-state index in [1.165, 1.54) is 4.57 Å². The quantitative estimate of drug-likeness (QED) is 0.383. The molecule has 2 aromatic heterocycles. The first-order valence-corrected chi connectivity index (χ1v) is 12.4. The standard InChI is InChI=1S/C27H23Cl2N5O3/c1-37-19-8-5-17(6-9-19)15-31-27-32-23-16-33(25(35)18-7-10-21(28)22(29)14-18)13-11-20(23)26(36)34(27)24-4-2-3-12-30-24/h2-10,12,14H,11,13,15-16H2,1H3,(H,31,32). The van der Waals surface area contributed by atoms with Crippen molar-refractivity contribution in [2.45, 2.75) is 19.5 Å². The lowest BCUT2D eigenvalue weighted by molar-refractivity contribution is 0.0731. The lowest BCUT2D eigenvalue weighted by atomic mass is 10.0. The maximum absolute atomic E-state index is 13.6. The topological polar surface area (TPSA) is 89.3 Å². The molecule has 1 aliphatic heterocycles. The lowest BCUT2D eigenvalue weighted by Gasteiger charge is -2.29. The van der Waals surface area contributed by atoms with Crippen molar-refractivity contribution in [2.24, 2.45) is 0 Å². The monoisotopic (exact) mass is 535 g/mol. The molecule has 0 radical (unpaired) electrons. The third kappa shape index (κ3) is 5.16. The van der Waals surface area contributed by atoms with Crippen LogP contribution in [-0.4, -0.2) is 39.0 Å². The first kappa shape index (κ1) is 24.8. The lowest BCUT2D eigenvalue weighted by Crippen LogP contribution is -2.41. The van der Waals surface area contributed by atoms with Crippen LogP contribution in [0.4, 0.5) is 5.95 Å². The number of fused-ring (bicyclic) bond motifs is 1. The van der Waals surface area contributed by atoms with Gasteiger partial charge in [0.25, 0.3) is 11.5 Å². The molecule has 3 heterocycles. The molecule has 0 unspecified atom stereocenters. The minimum absolute atomic E-state index is 0.198. The van der Waals surface area contributed by atoms with E-state index in [1.54, 1.807) is 48.5 Å². The van der Waals surface area contributed by atoms with Gasteiger partial charge in [-0.05, 0) is 54.4 Å². The molecule has 10 heteroatoms. The van der Waals surface area contributed by atoms with Crippen molar-refractivity contribution < 1.29 is 9.53 Å².